The Morgan fingerprint density at radius 1 is 1.32 bits per heavy atom. The van der Waals surface area contributed by atoms with Gasteiger partial charge in [0.05, 0.1) is 0 Å². The Bertz CT molecular complexity index is 492. The minimum atomic E-state index is 0.0279. The molecule has 0 aromatic heterocycles. The van der Waals surface area contributed by atoms with Crippen LogP contribution in [0.15, 0.2) is 18.2 Å². The Hall–Kier alpha value is -1.42. The molecule has 2 heterocycles. The van der Waals surface area contributed by atoms with Crippen molar-refractivity contribution in [1.82, 2.24) is 4.90 Å². The lowest BCUT2D eigenvalue weighted by Crippen LogP contribution is -2.36. The highest BCUT2D eigenvalue weighted by molar-refractivity contribution is 6.18. The van der Waals surface area contributed by atoms with Gasteiger partial charge in [0.15, 0.2) is 11.5 Å². The molecule has 1 unspecified atom stereocenters. The van der Waals surface area contributed by atoms with E-state index in [-0.39, 0.29) is 11.9 Å². The Morgan fingerprint density at radius 2 is 2.11 bits per heavy atom. The number of benzene rings is 1. The van der Waals surface area contributed by atoms with Gasteiger partial charge in [-0.05, 0) is 31.0 Å². The monoisotopic (exact) mass is 281 g/mol. The number of likely N-dealkylation sites (tertiary alicyclic amines) is 1. The first kappa shape index (κ1) is 12.6. The van der Waals surface area contributed by atoms with Crippen LogP contribution in [0.4, 0.5) is 0 Å². The predicted molar refractivity (Wildman–Crippen MR) is 72.2 cm³/mol. The molecule has 0 N–H and O–H groups in total. The predicted octanol–water partition coefficient (Wildman–Crippen LogP) is 2.30. The maximum absolute atomic E-state index is 12.5. The molecule has 1 atom stereocenters. The minimum absolute atomic E-state index is 0.0279. The summed E-state index contributed by atoms with van der Waals surface area (Å²) in [5.74, 6) is 1.88. The largest absolute Gasteiger partial charge is 0.486 e. The third kappa shape index (κ3) is 2.37. The lowest BCUT2D eigenvalue weighted by Gasteiger charge is -2.24. The average Bonchev–Trinajstić information content (AvgIpc) is 2.94. The number of alkyl halides is 1. The maximum atomic E-state index is 12.5. The molecule has 0 saturated carbocycles. The number of carbonyl (C=O) groups excluding carboxylic acids is 1. The van der Waals surface area contributed by atoms with Crippen molar-refractivity contribution in [3.8, 4) is 11.5 Å². The van der Waals surface area contributed by atoms with Gasteiger partial charge in [0.25, 0.3) is 5.91 Å². The molecule has 4 nitrogen and oxygen atoms in total. The molecule has 19 heavy (non-hydrogen) atoms. The second-order valence-corrected chi connectivity index (χ2v) is 5.12. The van der Waals surface area contributed by atoms with Crippen LogP contribution in [-0.2, 0) is 0 Å². The first-order valence-corrected chi connectivity index (χ1v) is 7.09. The van der Waals surface area contributed by atoms with Crippen molar-refractivity contribution in [2.45, 2.75) is 18.9 Å². The summed E-state index contributed by atoms with van der Waals surface area (Å²) in [6, 6.07) is 5.51. The van der Waals surface area contributed by atoms with Crippen LogP contribution in [-0.4, -0.2) is 42.5 Å². The van der Waals surface area contributed by atoms with Gasteiger partial charge < -0.3 is 14.4 Å². The summed E-state index contributed by atoms with van der Waals surface area (Å²) < 4.78 is 11.0. The Morgan fingerprint density at radius 3 is 2.89 bits per heavy atom. The van der Waals surface area contributed by atoms with Crippen LogP contribution in [0.5, 0.6) is 11.5 Å². The van der Waals surface area contributed by atoms with Crippen LogP contribution in [0.1, 0.15) is 23.2 Å². The number of fused-ring (bicyclic) bond motifs is 1. The smallest absolute Gasteiger partial charge is 0.254 e. The van der Waals surface area contributed by atoms with Crippen LogP contribution < -0.4 is 9.47 Å². The fourth-order valence-corrected chi connectivity index (χ4v) is 2.93. The SMILES string of the molecule is O=C(c1ccc2c(c1)OCCO2)N1CCCC1CCl. The first-order chi connectivity index (χ1) is 9.29. The van der Waals surface area contributed by atoms with Gasteiger partial charge in [-0.15, -0.1) is 11.6 Å². The van der Waals surface area contributed by atoms with E-state index in [1.54, 1.807) is 18.2 Å². The summed E-state index contributed by atoms with van der Waals surface area (Å²) in [4.78, 5) is 14.3. The van der Waals surface area contributed by atoms with Crippen LogP contribution in [0.2, 0.25) is 0 Å². The molecular weight excluding hydrogens is 266 g/mol. The van der Waals surface area contributed by atoms with Gasteiger partial charge in [-0.3, -0.25) is 4.79 Å². The number of hydrogen-bond donors (Lipinski definition) is 0. The minimum Gasteiger partial charge on any atom is -0.486 e. The topological polar surface area (TPSA) is 38.8 Å². The molecule has 0 radical (unpaired) electrons. The van der Waals surface area contributed by atoms with E-state index in [9.17, 15) is 4.79 Å². The van der Waals surface area contributed by atoms with Gasteiger partial charge in [-0.25, -0.2) is 0 Å². The zero-order valence-corrected chi connectivity index (χ0v) is 11.4. The Labute approximate surface area is 117 Å². The zero-order valence-electron chi connectivity index (χ0n) is 10.6. The van der Waals surface area contributed by atoms with Gasteiger partial charge in [-0.1, -0.05) is 0 Å². The third-order valence-corrected chi connectivity index (χ3v) is 3.96. The fourth-order valence-electron chi connectivity index (χ4n) is 2.61. The molecule has 102 valence electrons. The van der Waals surface area contributed by atoms with E-state index in [4.69, 9.17) is 21.1 Å². The van der Waals surface area contributed by atoms with Gasteiger partial charge >= 0.3 is 0 Å². The second-order valence-electron chi connectivity index (χ2n) is 4.81. The number of rotatable bonds is 2. The van der Waals surface area contributed by atoms with Crippen LogP contribution >= 0.6 is 11.6 Å². The van der Waals surface area contributed by atoms with E-state index in [1.165, 1.54) is 0 Å². The molecule has 1 fully saturated rings. The van der Waals surface area contributed by atoms with Gasteiger partial charge in [-0.2, -0.15) is 0 Å². The van der Waals surface area contributed by atoms with E-state index < -0.39 is 0 Å². The lowest BCUT2D eigenvalue weighted by molar-refractivity contribution is 0.0748. The summed E-state index contributed by atoms with van der Waals surface area (Å²) in [5.41, 5.74) is 0.640. The van der Waals surface area contributed by atoms with E-state index in [0.29, 0.717) is 36.2 Å². The summed E-state index contributed by atoms with van der Waals surface area (Å²) in [6.07, 6.45) is 2.01. The van der Waals surface area contributed by atoms with Crippen molar-refractivity contribution >= 4 is 17.5 Å². The third-order valence-electron chi connectivity index (χ3n) is 3.61. The van der Waals surface area contributed by atoms with Crippen LogP contribution in [0.3, 0.4) is 0 Å². The molecular formula is C14H16ClNO3. The number of ether oxygens (including phenoxy) is 2. The zero-order chi connectivity index (χ0) is 13.2. The van der Waals surface area contributed by atoms with Crippen molar-refractivity contribution in [2.75, 3.05) is 25.6 Å². The summed E-state index contributed by atoms with van der Waals surface area (Å²) in [5, 5.41) is 0. The van der Waals surface area contributed by atoms with Crippen molar-refractivity contribution in [3.05, 3.63) is 23.8 Å². The maximum Gasteiger partial charge on any atom is 0.254 e. The molecule has 5 heteroatoms. The lowest BCUT2D eigenvalue weighted by atomic mass is 10.1. The molecule has 2 aliphatic rings. The molecule has 0 aliphatic carbocycles. The van der Waals surface area contributed by atoms with Crippen molar-refractivity contribution in [1.29, 1.82) is 0 Å². The number of carbonyl (C=O) groups is 1. The number of nitrogens with zero attached hydrogens (tertiary/aromatic N) is 1. The van der Waals surface area contributed by atoms with Crippen molar-refractivity contribution in [3.63, 3.8) is 0 Å². The highest BCUT2D eigenvalue weighted by Gasteiger charge is 2.29. The number of halogens is 1. The highest BCUT2D eigenvalue weighted by atomic mass is 35.5. The highest BCUT2D eigenvalue weighted by Crippen LogP contribution is 2.32. The van der Waals surface area contributed by atoms with Crippen LogP contribution in [0.25, 0.3) is 0 Å². The molecule has 2 aliphatic heterocycles. The van der Waals surface area contributed by atoms with Crippen LogP contribution in [0, 0.1) is 0 Å². The summed E-state index contributed by atoms with van der Waals surface area (Å²) in [6.45, 7) is 1.87. The number of hydrogen-bond acceptors (Lipinski definition) is 3. The standard InChI is InChI=1S/C14H16ClNO3/c15-9-11-2-1-5-16(11)14(17)10-3-4-12-13(8-10)19-7-6-18-12/h3-4,8,11H,1-2,5-7,9H2. The molecule has 1 saturated heterocycles. The van der Waals surface area contributed by atoms with E-state index >= 15 is 0 Å². The molecule has 1 aromatic rings. The van der Waals surface area contributed by atoms with Gasteiger partial charge in [0.1, 0.15) is 13.2 Å². The van der Waals surface area contributed by atoms with E-state index in [0.717, 1.165) is 19.4 Å². The first-order valence-electron chi connectivity index (χ1n) is 6.56. The normalized spacial score (nSPS) is 21.5. The van der Waals surface area contributed by atoms with Gasteiger partial charge in [0.2, 0.25) is 0 Å². The molecule has 0 spiro atoms. The molecule has 3 rings (SSSR count). The average molecular weight is 282 g/mol. The van der Waals surface area contributed by atoms with Crippen molar-refractivity contribution in [2.24, 2.45) is 0 Å². The van der Waals surface area contributed by atoms with Crippen molar-refractivity contribution < 1.29 is 14.3 Å². The Balaban J connectivity index is 1.83. The van der Waals surface area contributed by atoms with E-state index in [1.807, 2.05) is 4.90 Å². The summed E-state index contributed by atoms with van der Waals surface area (Å²) >= 11 is 5.91. The molecule has 0 bridgehead atoms. The van der Waals surface area contributed by atoms with E-state index in [2.05, 4.69) is 0 Å². The molecule has 1 amide bonds. The Kier molecular flexibility index (Phi) is 3.51. The summed E-state index contributed by atoms with van der Waals surface area (Å²) in [7, 11) is 0. The number of amides is 1. The second kappa shape index (κ2) is 5.29. The molecule has 1 aromatic carbocycles. The quantitative estimate of drug-likeness (QED) is 0.781. The fraction of sp³-hybridized carbons (Fsp3) is 0.500. The van der Waals surface area contributed by atoms with Gasteiger partial charge in [0, 0.05) is 24.0 Å².